The fourth-order valence-electron chi connectivity index (χ4n) is 2.21. The zero-order chi connectivity index (χ0) is 13.9. The number of rotatable bonds is 4. The van der Waals surface area contributed by atoms with Crippen molar-refractivity contribution in [3.05, 3.63) is 29.6 Å². The summed E-state index contributed by atoms with van der Waals surface area (Å²) < 4.78 is 50.6. The van der Waals surface area contributed by atoms with Gasteiger partial charge in [0.25, 0.3) is 0 Å². The lowest BCUT2D eigenvalue weighted by Gasteiger charge is -2.12. The molecule has 2 nitrogen and oxygen atoms in total. The second-order valence-electron chi connectivity index (χ2n) is 4.77. The monoisotopic (exact) mass is 276 g/mol. The molecule has 106 valence electrons. The van der Waals surface area contributed by atoms with Gasteiger partial charge in [-0.3, -0.25) is 0 Å². The average molecular weight is 276 g/mol. The van der Waals surface area contributed by atoms with Crippen molar-refractivity contribution in [1.29, 1.82) is 0 Å². The van der Waals surface area contributed by atoms with Crippen LogP contribution in [0.15, 0.2) is 18.2 Å². The fourth-order valence-corrected chi connectivity index (χ4v) is 2.21. The molecule has 1 heterocycles. The van der Waals surface area contributed by atoms with Crippen molar-refractivity contribution in [2.45, 2.75) is 19.0 Å². The van der Waals surface area contributed by atoms with Crippen LogP contribution in [0.5, 0.6) is 0 Å². The van der Waals surface area contributed by atoms with Crippen molar-refractivity contribution >= 4 is 5.69 Å². The van der Waals surface area contributed by atoms with Gasteiger partial charge >= 0.3 is 6.18 Å². The highest BCUT2D eigenvalue weighted by Gasteiger charge is 2.31. The number of halogens is 4. The number of benzene rings is 1. The average Bonchev–Trinajstić information content (AvgIpc) is 2.83. The third-order valence-corrected chi connectivity index (χ3v) is 3.33. The van der Waals surface area contributed by atoms with E-state index in [1.807, 2.05) is 0 Å². The van der Waals surface area contributed by atoms with Crippen LogP contribution in [0.1, 0.15) is 18.4 Å². The summed E-state index contributed by atoms with van der Waals surface area (Å²) in [6.07, 6.45) is -2.53. The highest BCUT2D eigenvalue weighted by Crippen LogP contribution is 2.31. The lowest BCUT2D eigenvalue weighted by Crippen LogP contribution is -2.13. The molecule has 1 aromatic carbocycles. The molecule has 1 unspecified atom stereocenters. The molecule has 0 saturated carbocycles. The molecule has 1 saturated heterocycles. The van der Waals surface area contributed by atoms with Gasteiger partial charge in [-0.1, -0.05) is 0 Å². The van der Waals surface area contributed by atoms with Gasteiger partial charge in [0.15, 0.2) is 0 Å². The second-order valence-corrected chi connectivity index (χ2v) is 4.77. The third-order valence-electron chi connectivity index (χ3n) is 3.33. The van der Waals surface area contributed by atoms with E-state index in [4.69, 9.17) is 0 Å². The Morgan fingerprint density at radius 3 is 2.68 bits per heavy atom. The topological polar surface area (TPSA) is 24.1 Å². The van der Waals surface area contributed by atoms with E-state index in [0.29, 0.717) is 18.5 Å². The van der Waals surface area contributed by atoms with Crippen LogP contribution in [-0.2, 0) is 6.18 Å². The van der Waals surface area contributed by atoms with E-state index in [1.165, 1.54) is 0 Å². The summed E-state index contributed by atoms with van der Waals surface area (Å²) >= 11 is 0. The molecule has 19 heavy (non-hydrogen) atoms. The van der Waals surface area contributed by atoms with Gasteiger partial charge in [0.05, 0.1) is 11.3 Å². The van der Waals surface area contributed by atoms with Gasteiger partial charge in [-0.2, -0.15) is 13.2 Å². The first-order chi connectivity index (χ1) is 8.97. The summed E-state index contributed by atoms with van der Waals surface area (Å²) in [5.74, 6) is -0.301. The lowest BCUT2D eigenvalue weighted by molar-refractivity contribution is -0.137. The van der Waals surface area contributed by atoms with E-state index in [-0.39, 0.29) is 5.69 Å². The molecular formula is C13H16F4N2. The standard InChI is InChI=1S/C13H16F4N2/c14-11-7-10(13(15,16)17)1-2-12(11)19-6-4-9-3-5-18-8-9/h1-2,7,9,18-19H,3-6,8H2. The number of anilines is 1. The molecule has 0 bridgehead atoms. The Hall–Kier alpha value is -1.30. The van der Waals surface area contributed by atoms with Gasteiger partial charge in [0, 0.05) is 6.54 Å². The number of hydrogen-bond donors (Lipinski definition) is 2. The predicted molar refractivity (Wildman–Crippen MR) is 65.5 cm³/mol. The molecule has 1 atom stereocenters. The number of alkyl halides is 3. The van der Waals surface area contributed by atoms with Crippen molar-refractivity contribution in [1.82, 2.24) is 5.32 Å². The van der Waals surface area contributed by atoms with Crippen LogP contribution in [0.25, 0.3) is 0 Å². The molecule has 6 heteroatoms. The molecule has 2 N–H and O–H groups in total. The largest absolute Gasteiger partial charge is 0.416 e. The van der Waals surface area contributed by atoms with E-state index < -0.39 is 17.6 Å². The molecule has 1 aliphatic heterocycles. The minimum absolute atomic E-state index is 0.124. The van der Waals surface area contributed by atoms with Gasteiger partial charge in [-0.15, -0.1) is 0 Å². The van der Waals surface area contributed by atoms with Crippen LogP contribution >= 0.6 is 0 Å². The molecule has 1 aliphatic rings. The Bertz CT molecular complexity index is 425. The Balaban J connectivity index is 1.90. The molecule has 0 radical (unpaired) electrons. The second kappa shape index (κ2) is 5.77. The minimum Gasteiger partial charge on any atom is -0.383 e. The first-order valence-corrected chi connectivity index (χ1v) is 6.28. The quantitative estimate of drug-likeness (QED) is 0.825. The van der Waals surface area contributed by atoms with Crippen LogP contribution in [0.2, 0.25) is 0 Å². The van der Waals surface area contributed by atoms with E-state index in [9.17, 15) is 17.6 Å². The number of hydrogen-bond acceptors (Lipinski definition) is 2. The van der Waals surface area contributed by atoms with Gasteiger partial charge in [0.2, 0.25) is 0 Å². The van der Waals surface area contributed by atoms with Crippen LogP contribution in [-0.4, -0.2) is 19.6 Å². The first kappa shape index (κ1) is 14.1. The van der Waals surface area contributed by atoms with Crippen molar-refractivity contribution in [3.8, 4) is 0 Å². The van der Waals surface area contributed by atoms with E-state index in [1.54, 1.807) is 0 Å². The zero-order valence-corrected chi connectivity index (χ0v) is 10.4. The van der Waals surface area contributed by atoms with Crippen molar-refractivity contribution < 1.29 is 17.6 Å². The zero-order valence-electron chi connectivity index (χ0n) is 10.4. The molecular weight excluding hydrogens is 260 g/mol. The number of nitrogens with one attached hydrogen (secondary N) is 2. The summed E-state index contributed by atoms with van der Waals surface area (Å²) in [5, 5.41) is 6.08. The molecule has 0 aliphatic carbocycles. The normalized spacial score (nSPS) is 19.7. The molecule has 1 fully saturated rings. The third kappa shape index (κ3) is 3.83. The van der Waals surface area contributed by atoms with Crippen LogP contribution < -0.4 is 10.6 Å². The van der Waals surface area contributed by atoms with Crippen LogP contribution in [0.4, 0.5) is 23.2 Å². The van der Waals surface area contributed by atoms with Gasteiger partial charge in [0.1, 0.15) is 5.82 Å². The van der Waals surface area contributed by atoms with Crippen LogP contribution in [0.3, 0.4) is 0 Å². The highest BCUT2D eigenvalue weighted by atomic mass is 19.4. The maximum Gasteiger partial charge on any atom is 0.416 e. The summed E-state index contributed by atoms with van der Waals surface area (Å²) in [6.45, 7) is 2.52. The maximum absolute atomic E-state index is 13.5. The first-order valence-electron chi connectivity index (χ1n) is 6.28. The van der Waals surface area contributed by atoms with E-state index >= 15 is 0 Å². The molecule has 0 aromatic heterocycles. The van der Waals surface area contributed by atoms with E-state index in [2.05, 4.69) is 10.6 Å². The molecule has 1 aromatic rings. The van der Waals surface area contributed by atoms with Crippen molar-refractivity contribution in [2.75, 3.05) is 25.0 Å². The fraction of sp³-hybridized carbons (Fsp3) is 0.538. The Labute approximate surface area is 109 Å². The lowest BCUT2D eigenvalue weighted by atomic mass is 10.1. The Morgan fingerprint density at radius 1 is 1.32 bits per heavy atom. The highest BCUT2D eigenvalue weighted by molar-refractivity contribution is 5.46. The summed E-state index contributed by atoms with van der Waals surface area (Å²) in [5.41, 5.74) is -0.838. The maximum atomic E-state index is 13.5. The predicted octanol–water partition coefficient (Wildman–Crippen LogP) is 3.26. The SMILES string of the molecule is Fc1cc(C(F)(F)F)ccc1NCCC1CCNC1. The minimum atomic E-state index is -4.51. The Morgan fingerprint density at radius 2 is 2.11 bits per heavy atom. The summed E-state index contributed by atoms with van der Waals surface area (Å²) in [6, 6.07) is 2.56. The smallest absolute Gasteiger partial charge is 0.383 e. The summed E-state index contributed by atoms with van der Waals surface area (Å²) in [7, 11) is 0. The Kier molecular flexibility index (Phi) is 4.29. The molecule has 2 rings (SSSR count). The van der Waals surface area contributed by atoms with Crippen LogP contribution in [0, 0.1) is 11.7 Å². The molecule has 0 amide bonds. The van der Waals surface area contributed by atoms with E-state index in [0.717, 1.165) is 38.1 Å². The van der Waals surface area contributed by atoms with Gasteiger partial charge in [-0.05, 0) is 50.0 Å². The van der Waals surface area contributed by atoms with Gasteiger partial charge < -0.3 is 10.6 Å². The molecule has 0 spiro atoms. The van der Waals surface area contributed by atoms with Crippen molar-refractivity contribution in [3.63, 3.8) is 0 Å². The van der Waals surface area contributed by atoms with Crippen molar-refractivity contribution in [2.24, 2.45) is 5.92 Å². The van der Waals surface area contributed by atoms with Gasteiger partial charge in [-0.25, -0.2) is 4.39 Å². The summed E-state index contributed by atoms with van der Waals surface area (Å²) in [4.78, 5) is 0.